The predicted octanol–water partition coefficient (Wildman–Crippen LogP) is 4.78. The number of hydrogen-bond donors (Lipinski definition) is 1. The molecule has 0 saturated carbocycles. The van der Waals surface area contributed by atoms with Crippen LogP contribution < -0.4 is 14.8 Å². The van der Waals surface area contributed by atoms with Crippen molar-refractivity contribution in [2.75, 3.05) is 26.1 Å². The Morgan fingerprint density at radius 1 is 0.968 bits per heavy atom. The van der Waals surface area contributed by atoms with Crippen molar-refractivity contribution in [2.45, 2.75) is 13.3 Å². The third-order valence-corrected chi connectivity index (χ3v) is 4.99. The van der Waals surface area contributed by atoms with Crippen molar-refractivity contribution < 1.29 is 13.9 Å². The SMILES string of the molecule is COc1ccc(CCNc2ncc(-c3ccccn3)c(-c3ccoc3C)n2)cc1OC. The summed E-state index contributed by atoms with van der Waals surface area (Å²) in [5, 5.41) is 3.31. The summed E-state index contributed by atoms with van der Waals surface area (Å²) >= 11 is 0. The zero-order valence-electron chi connectivity index (χ0n) is 17.8. The highest BCUT2D eigenvalue weighted by molar-refractivity contribution is 5.79. The van der Waals surface area contributed by atoms with Gasteiger partial charge in [-0.3, -0.25) is 4.98 Å². The highest BCUT2D eigenvalue weighted by Crippen LogP contribution is 2.32. The van der Waals surface area contributed by atoms with E-state index in [1.54, 1.807) is 32.9 Å². The largest absolute Gasteiger partial charge is 0.493 e. The van der Waals surface area contributed by atoms with E-state index in [4.69, 9.17) is 18.9 Å². The maximum absolute atomic E-state index is 5.51. The van der Waals surface area contributed by atoms with E-state index in [1.807, 2.05) is 49.4 Å². The Morgan fingerprint density at radius 3 is 2.55 bits per heavy atom. The van der Waals surface area contributed by atoms with Crippen LogP contribution in [0.1, 0.15) is 11.3 Å². The molecular weight excluding hydrogens is 392 g/mol. The van der Waals surface area contributed by atoms with Crippen LogP contribution in [0.4, 0.5) is 5.95 Å². The van der Waals surface area contributed by atoms with E-state index in [0.29, 0.717) is 24.0 Å². The fourth-order valence-electron chi connectivity index (χ4n) is 3.37. The van der Waals surface area contributed by atoms with Crippen LogP contribution in [-0.4, -0.2) is 35.7 Å². The number of benzene rings is 1. The Labute approximate surface area is 181 Å². The Bertz CT molecular complexity index is 1160. The topological polar surface area (TPSA) is 82.3 Å². The first-order chi connectivity index (χ1) is 15.2. The fourth-order valence-corrected chi connectivity index (χ4v) is 3.37. The average Bonchev–Trinajstić information content (AvgIpc) is 3.25. The van der Waals surface area contributed by atoms with Crippen molar-refractivity contribution in [1.29, 1.82) is 0 Å². The van der Waals surface area contributed by atoms with Gasteiger partial charge in [-0.2, -0.15) is 0 Å². The molecule has 0 radical (unpaired) electrons. The van der Waals surface area contributed by atoms with Gasteiger partial charge in [0.15, 0.2) is 11.5 Å². The number of aromatic nitrogens is 3. The number of methoxy groups -OCH3 is 2. The molecule has 0 aliphatic heterocycles. The molecule has 0 aliphatic rings. The molecule has 0 amide bonds. The molecule has 7 nitrogen and oxygen atoms in total. The van der Waals surface area contributed by atoms with Crippen LogP contribution in [0.25, 0.3) is 22.5 Å². The number of nitrogens with zero attached hydrogens (tertiary/aromatic N) is 3. The number of pyridine rings is 1. The van der Waals surface area contributed by atoms with Gasteiger partial charge in [0.05, 0.1) is 31.9 Å². The van der Waals surface area contributed by atoms with Crippen molar-refractivity contribution in [3.8, 4) is 34.0 Å². The van der Waals surface area contributed by atoms with Crippen LogP contribution in [0.2, 0.25) is 0 Å². The van der Waals surface area contributed by atoms with E-state index in [-0.39, 0.29) is 0 Å². The Morgan fingerprint density at radius 2 is 1.84 bits per heavy atom. The zero-order valence-corrected chi connectivity index (χ0v) is 17.8. The van der Waals surface area contributed by atoms with Gasteiger partial charge in [-0.15, -0.1) is 0 Å². The molecule has 3 heterocycles. The van der Waals surface area contributed by atoms with E-state index < -0.39 is 0 Å². The lowest BCUT2D eigenvalue weighted by Crippen LogP contribution is -2.09. The van der Waals surface area contributed by atoms with Gasteiger partial charge in [0.2, 0.25) is 5.95 Å². The first kappa shape index (κ1) is 20.4. The summed E-state index contributed by atoms with van der Waals surface area (Å²) in [6.07, 6.45) is 6.01. The lowest BCUT2D eigenvalue weighted by Gasteiger charge is -2.12. The van der Waals surface area contributed by atoms with E-state index in [0.717, 1.165) is 40.3 Å². The highest BCUT2D eigenvalue weighted by atomic mass is 16.5. The van der Waals surface area contributed by atoms with Gasteiger partial charge in [-0.25, -0.2) is 9.97 Å². The highest BCUT2D eigenvalue weighted by Gasteiger charge is 2.16. The summed E-state index contributed by atoms with van der Waals surface area (Å²) in [4.78, 5) is 13.7. The summed E-state index contributed by atoms with van der Waals surface area (Å²) in [6.45, 7) is 2.59. The van der Waals surface area contributed by atoms with Gasteiger partial charge in [-0.05, 0) is 49.2 Å². The first-order valence-corrected chi connectivity index (χ1v) is 9.97. The molecule has 0 aliphatic carbocycles. The van der Waals surface area contributed by atoms with E-state index in [1.165, 1.54) is 0 Å². The Balaban J connectivity index is 1.55. The minimum absolute atomic E-state index is 0.552. The molecule has 0 fully saturated rings. The molecule has 1 N–H and O–H groups in total. The summed E-state index contributed by atoms with van der Waals surface area (Å²) in [5.41, 5.74) is 4.51. The minimum atomic E-state index is 0.552. The lowest BCUT2D eigenvalue weighted by molar-refractivity contribution is 0.354. The molecule has 3 aromatic heterocycles. The molecular formula is C24H24N4O3. The number of furan rings is 1. The molecule has 4 aromatic rings. The number of rotatable bonds is 8. The van der Waals surface area contributed by atoms with Gasteiger partial charge in [-0.1, -0.05) is 12.1 Å². The Kier molecular flexibility index (Phi) is 6.12. The van der Waals surface area contributed by atoms with Crippen LogP contribution in [0.3, 0.4) is 0 Å². The summed E-state index contributed by atoms with van der Waals surface area (Å²) in [6, 6.07) is 13.6. The van der Waals surface area contributed by atoms with Gasteiger partial charge >= 0.3 is 0 Å². The Hall–Kier alpha value is -3.87. The first-order valence-electron chi connectivity index (χ1n) is 9.97. The van der Waals surface area contributed by atoms with E-state index in [2.05, 4.69) is 15.3 Å². The molecule has 0 saturated heterocycles. The standard InChI is InChI=1S/C24H24N4O3/c1-16-18(10-13-31-16)23-19(20-6-4-5-11-25-20)15-27-24(28-23)26-12-9-17-7-8-21(29-2)22(14-17)30-3/h4-8,10-11,13-15H,9,12H2,1-3H3,(H,26,27,28). The molecule has 0 spiro atoms. The minimum Gasteiger partial charge on any atom is -0.493 e. The van der Waals surface area contributed by atoms with Crippen LogP contribution in [0.5, 0.6) is 11.5 Å². The smallest absolute Gasteiger partial charge is 0.223 e. The molecule has 31 heavy (non-hydrogen) atoms. The van der Waals surface area contributed by atoms with Crippen LogP contribution in [0.15, 0.2) is 65.5 Å². The van der Waals surface area contributed by atoms with Crippen molar-refractivity contribution in [2.24, 2.45) is 0 Å². The quantitative estimate of drug-likeness (QED) is 0.443. The average molecular weight is 416 g/mol. The number of aryl methyl sites for hydroxylation is 1. The van der Waals surface area contributed by atoms with Crippen molar-refractivity contribution >= 4 is 5.95 Å². The van der Waals surface area contributed by atoms with Crippen LogP contribution in [-0.2, 0) is 6.42 Å². The molecule has 7 heteroatoms. The summed E-state index contributed by atoms with van der Waals surface area (Å²) in [5.74, 6) is 2.78. The van der Waals surface area contributed by atoms with E-state index in [9.17, 15) is 0 Å². The van der Waals surface area contributed by atoms with E-state index >= 15 is 0 Å². The van der Waals surface area contributed by atoms with Crippen LogP contribution >= 0.6 is 0 Å². The summed E-state index contributed by atoms with van der Waals surface area (Å²) < 4.78 is 16.2. The van der Waals surface area contributed by atoms with Gasteiger partial charge < -0.3 is 19.2 Å². The number of hydrogen-bond acceptors (Lipinski definition) is 7. The normalized spacial score (nSPS) is 10.7. The molecule has 0 atom stereocenters. The molecule has 0 unspecified atom stereocenters. The molecule has 0 bridgehead atoms. The van der Waals surface area contributed by atoms with Crippen LogP contribution in [0, 0.1) is 6.92 Å². The maximum Gasteiger partial charge on any atom is 0.223 e. The molecule has 1 aromatic carbocycles. The zero-order chi connectivity index (χ0) is 21.6. The number of nitrogens with one attached hydrogen (secondary N) is 1. The van der Waals surface area contributed by atoms with Gasteiger partial charge in [0.25, 0.3) is 0 Å². The summed E-state index contributed by atoms with van der Waals surface area (Å²) in [7, 11) is 3.26. The molecule has 158 valence electrons. The van der Waals surface area contributed by atoms with Crippen molar-refractivity contribution in [1.82, 2.24) is 15.0 Å². The second-order valence-corrected chi connectivity index (χ2v) is 6.93. The third-order valence-electron chi connectivity index (χ3n) is 4.99. The lowest BCUT2D eigenvalue weighted by atomic mass is 10.1. The number of anilines is 1. The maximum atomic E-state index is 5.51. The molecule has 4 rings (SSSR count). The second-order valence-electron chi connectivity index (χ2n) is 6.93. The predicted molar refractivity (Wildman–Crippen MR) is 119 cm³/mol. The van der Waals surface area contributed by atoms with Crippen molar-refractivity contribution in [3.05, 3.63) is 72.4 Å². The third kappa shape index (κ3) is 4.50. The van der Waals surface area contributed by atoms with Gasteiger partial charge in [0.1, 0.15) is 5.76 Å². The second kappa shape index (κ2) is 9.30. The fraction of sp³-hybridized carbons (Fsp3) is 0.208. The monoisotopic (exact) mass is 416 g/mol. The number of ether oxygens (including phenoxy) is 2. The van der Waals surface area contributed by atoms with Crippen molar-refractivity contribution in [3.63, 3.8) is 0 Å². The van der Waals surface area contributed by atoms with Gasteiger partial charge in [0, 0.05) is 30.1 Å².